The molecule has 2 rings (SSSR count). The van der Waals surface area contributed by atoms with Crippen LogP contribution in [0.5, 0.6) is 0 Å². The molecule has 0 aliphatic heterocycles. The van der Waals surface area contributed by atoms with E-state index < -0.39 is 11.4 Å². The van der Waals surface area contributed by atoms with Gasteiger partial charge in [-0.05, 0) is 35.1 Å². The number of rotatable bonds is 3. The number of hydrogen-bond donors (Lipinski definition) is 2. The van der Waals surface area contributed by atoms with Crippen LogP contribution in [0, 0.1) is 5.41 Å². The van der Waals surface area contributed by atoms with Crippen molar-refractivity contribution in [2.45, 2.75) is 34.1 Å². The first-order valence-electron chi connectivity index (χ1n) is 6.89. The molecule has 2 N–H and O–H groups in total. The molecule has 0 unspecified atom stereocenters. The van der Waals surface area contributed by atoms with Gasteiger partial charge < -0.3 is 10.1 Å². The quantitative estimate of drug-likeness (QED) is 0.820. The number of aryl methyl sites for hydroxylation is 1. The monoisotopic (exact) mass is 271 g/mol. The van der Waals surface area contributed by atoms with E-state index in [-0.39, 0.29) is 0 Å². The number of carboxylic acid groups (broad SMARTS) is 1. The van der Waals surface area contributed by atoms with Gasteiger partial charge in [0.1, 0.15) is 0 Å². The Morgan fingerprint density at radius 2 is 2.05 bits per heavy atom. The minimum atomic E-state index is -0.858. The normalized spacial score (nSPS) is 12.9. The Bertz CT molecular complexity index is 672. The van der Waals surface area contributed by atoms with Crippen molar-refractivity contribution in [3.8, 4) is 0 Å². The molecule has 0 amide bonds. The molecule has 0 bridgehead atoms. The van der Waals surface area contributed by atoms with Crippen molar-refractivity contribution in [1.29, 1.82) is 0 Å². The average molecular weight is 271 g/mol. The standard InChI is InChI=1S/C17H21NO2/c1-5-11-10-18-14-8-6-7-12(15(11)14)9-13(16(19)20)17(2,3)4/h6-10,18H,5H2,1-4H3,(H,19,20)/b13-9-. The minimum Gasteiger partial charge on any atom is -0.478 e. The molecule has 0 atom stereocenters. The molecule has 0 saturated carbocycles. The maximum Gasteiger partial charge on any atom is 0.332 e. The summed E-state index contributed by atoms with van der Waals surface area (Å²) in [5.41, 5.74) is 3.26. The summed E-state index contributed by atoms with van der Waals surface area (Å²) in [4.78, 5) is 14.7. The SMILES string of the molecule is CCc1c[nH]c2cccc(/C=C(/C(=O)O)C(C)(C)C)c12. The second kappa shape index (κ2) is 5.16. The number of benzene rings is 1. The van der Waals surface area contributed by atoms with Crippen LogP contribution >= 0.6 is 0 Å². The van der Waals surface area contributed by atoms with E-state index in [1.807, 2.05) is 45.2 Å². The molecule has 1 heterocycles. The van der Waals surface area contributed by atoms with Crippen LogP contribution in [0.3, 0.4) is 0 Å². The van der Waals surface area contributed by atoms with Crippen molar-refractivity contribution < 1.29 is 9.90 Å². The number of aliphatic carboxylic acids is 1. The molecule has 3 nitrogen and oxygen atoms in total. The lowest BCUT2D eigenvalue weighted by Crippen LogP contribution is -2.17. The second-order valence-electron chi connectivity index (χ2n) is 6.05. The molecule has 0 spiro atoms. The lowest BCUT2D eigenvalue weighted by Gasteiger charge is -2.19. The van der Waals surface area contributed by atoms with E-state index >= 15 is 0 Å². The van der Waals surface area contributed by atoms with Gasteiger partial charge in [-0.15, -0.1) is 0 Å². The summed E-state index contributed by atoms with van der Waals surface area (Å²) in [6.45, 7) is 7.87. The Morgan fingerprint density at radius 3 is 2.60 bits per heavy atom. The lowest BCUT2D eigenvalue weighted by atomic mass is 9.85. The van der Waals surface area contributed by atoms with E-state index in [1.165, 1.54) is 5.56 Å². The van der Waals surface area contributed by atoms with Gasteiger partial charge in [0.05, 0.1) is 0 Å². The first kappa shape index (κ1) is 14.4. The number of H-pyrrole nitrogens is 1. The molecular weight excluding hydrogens is 250 g/mol. The van der Waals surface area contributed by atoms with E-state index in [9.17, 15) is 9.90 Å². The van der Waals surface area contributed by atoms with Crippen LogP contribution in [0.2, 0.25) is 0 Å². The number of carboxylic acids is 1. The summed E-state index contributed by atoms with van der Waals surface area (Å²) < 4.78 is 0. The summed E-state index contributed by atoms with van der Waals surface area (Å²) in [5.74, 6) is -0.858. The van der Waals surface area contributed by atoms with Gasteiger partial charge in [0.25, 0.3) is 0 Å². The number of fused-ring (bicyclic) bond motifs is 1. The van der Waals surface area contributed by atoms with Gasteiger partial charge in [0.2, 0.25) is 0 Å². The molecule has 0 fully saturated rings. The van der Waals surface area contributed by atoms with Crippen LogP contribution in [0.25, 0.3) is 17.0 Å². The molecule has 20 heavy (non-hydrogen) atoms. The van der Waals surface area contributed by atoms with Crippen molar-refractivity contribution in [3.05, 3.63) is 41.1 Å². The van der Waals surface area contributed by atoms with Crippen LogP contribution < -0.4 is 0 Å². The van der Waals surface area contributed by atoms with Gasteiger partial charge in [-0.2, -0.15) is 0 Å². The van der Waals surface area contributed by atoms with Gasteiger partial charge in [0.15, 0.2) is 0 Å². The zero-order valence-corrected chi connectivity index (χ0v) is 12.4. The number of hydrogen-bond acceptors (Lipinski definition) is 1. The average Bonchev–Trinajstić information content (AvgIpc) is 2.77. The molecule has 2 aromatic rings. The van der Waals surface area contributed by atoms with Crippen LogP contribution in [-0.4, -0.2) is 16.1 Å². The fraction of sp³-hybridized carbons (Fsp3) is 0.353. The van der Waals surface area contributed by atoms with Crippen molar-refractivity contribution in [1.82, 2.24) is 4.98 Å². The molecule has 106 valence electrons. The van der Waals surface area contributed by atoms with Gasteiger partial charge in [-0.1, -0.05) is 39.8 Å². The van der Waals surface area contributed by atoms with E-state index in [4.69, 9.17) is 0 Å². The fourth-order valence-electron chi connectivity index (χ4n) is 2.44. The van der Waals surface area contributed by atoms with E-state index in [1.54, 1.807) is 6.08 Å². The summed E-state index contributed by atoms with van der Waals surface area (Å²) in [6.07, 6.45) is 4.72. The molecule has 3 heteroatoms. The van der Waals surface area contributed by atoms with Crippen LogP contribution in [-0.2, 0) is 11.2 Å². The van der Waals surface area contributed by atoms with Crippen LogP contribution in [0.4, 0.5) is 0 Å². The first-order valence-corrected chi connectivity index (χ1v) is 6.89. The second-order valence-corrected chi connectivity index (χ2v) is 6.05. The highest BCUT2D eigenvalue weighted by Crippen LogP contribution is 2.31. The Kier molecular flexibility index (Phi) is 3.71. The van der Waals surface area contributed by atoms with E-state index in [0.29, 0.717) is 5.57 Å². The molecule has 0 aliphatic rings. The summed E-state index contributed by atoms with van der Waals surface area (Å²) in [7, 11) is 0. The maximum absolute atomic E-state index is 11.5. The topological polar surface area (TPSA) is 53.1 Å². The highest BCUT2D eigenvalue weighted by atomic mass is 16.4. The Balaban J connectivity index is 2.68. The van der Waals surface area contributed by atoms with E-state index in [0.717, 1.165) is 22.9 Å². The zero-order chi connectivity index (χ0) is 14.9. The predicted molar refractivity (Wildman–Crippen MR) is 82.7 cm³/mol. The highest BCUT2D eigenvalue weighted by molar-refractivity contribution is 5.98. The fourth-order valence-corrected chi connectivity index (χ4v) is 2.44. The molecule has 0 radical (unpaired) electrons. The number of carbonyl (C=O) groups is 1. The first-order chi connectivity index (χ1) is 9.34. The van der Waals surface area contributed by atoms with Gasteiger partial charge in [-0.3, -0.25) is 0 Å². The zero-order valence-electron chi connectivity index (χ0n) is 12.4. The number of aromatic nitrogens is 1. The Morgan fingerprint density at radius 1 is 1.35 bits per heavy atom. The molecule has 0 aliphatic carbocycles. The van der Waals surface area contributed by atoms with Gasteiger partial charge in [-0.25, -0.2) is 4.79 Å². The summed E-state index contributed by atoms with van der Waals surface area (Å²) >= 11 is 0. The van der Waals surface area contributed by atoms with Crippen LogP contribution in [0.1, 0.15) is 38.8 Å². The predicted octanol–water partition coefficient (Wildman–Crippen LogP) is 4.24. The summed E-state index contributed by atoms with van der Waals surface area (Å²) in [5, 5.41) is 10.6. The van der Waals surface area contributed by atoms with Gasteiger partial charge in [0, 0.05) is 22.7 Å². The Labute approximate surface area is 119 Å². The smallest absolute Gasteiger partial charge is 0.332 e. The van der Waals surface area contributed by atoms with Crippen molar-refractivity contribution in [3.63, 3.8) is 0 Å². The van der Waals surface area contributed by atoms with Crippen molar-refractivity contribution in [2.75, 3.05) is 0 Å². The largest absolute Gasteiger partial charge is 0.478 e. The minimum absolute atomic E-state index is 0.392. The molecule has 0 saturated heterocycles. The van der Waals surface area contributed by atoms with Crippen molar-refractivity contribution in [2.24, 2.45) is 5.41 Å². The maximum atomic E-state index is 11.5. The van der Waals surface area contributed by atoms with Gasteiger partial charge >= 0.3 is 5.97 Å². The highest BCUT2D eigenvalue weighted by Gasteiger charge is 2.23. The lowest BCUT2D eigenvalue weighted by molar-refractivity contribution is -0.133. The molecular formula is C17H21NO2. The molecule has 1 aromatic heterocycles. The third-order valence-corrected chi connectivity index (χ3v) is 3.54. The van der Waals surface area contributed by atoms with E-state index in [2.05, 4.69) is 11.9 Å². The third-order valence-electron chi connectivity index (χ3n) is 3.54. The Hall–Kier alpha value is -2.03. The third kappa shape index (κ3) is 2.62. The van der Waals surface area contributed by atoms with Crippen LogP contribution in [0.15, 0.2) is 30.0 Å². The molecule has 1 aromatic carbocycles. The number of aromatic amines is 1. The summed E-state index contributed by atoms with van der Waals surface area (Å²) in [6, 6.07) is 5.94. The number of nitrogens with one attached hydrogen (secondary N) is 1. The van der Waals surface area contributed by atoms with Crippen molar-refractivity contribution >= 4 is 22.9 Å².